The number of hydrogen-bond acceptors (Lipinski definition) is 4. The number of nitrogens with zero attached hydrogens (tertiary/aromatic N) is 4. The standard InChI is InChI=1S/C12H14ClN5/c13-11-4-2-1-3-10(11)12-15-17-18(16-12)9-5-7-14-8-6-9/h1-4,9,14H,5-8H2. The summed E-state index contributed by atoms with van der Waals surface area (Å²) in [6.45, 7) is 2.02. The summed E-state index contributed by atoms with van der Waals surface area (Å²) in [5.41, 5.74) is 0.833. The highest BCUT2D eigenvalue weighted by Crippen LogP contribution is 2.25. The summed E-state index contributed by atoms with van der Waals surface area (Å²) in [7, 11) is 0. The van der Waals surface area contributed by atoms with E-state index < -0.39 is 0 Å². The van der Waals surface area contributed by atoms with Crippen molar-refractivity contribution in [3.8, 4) is 11.4 Å². The minimum absolute atomic E-state index is 0.343. The number of piperidine rings is 1. The maximum Gasteiger partial charge on any atom is 0.206 e. The summed E-state index contributed by atoms with van der Waals surface area (Å²) in [6, 6.07) is 7.90. The van der Waals surface area contributed by atoms with Crippen molar-refractivity contribution in [1.29, 1.82) is 0 Å². The molecule has 6 heteroatoms. The van der Waals surface area contributed by atoms with E-state index in [1.54, 1.807) is 4.80 Å². The molecule has 0 radical (unpaired) electrons. The Morgan fingerprint density at radius 2 is 2.00 bits per heavy atom. The highest BCUT2D eigenvalue weighted by atomic mass is 35.5. The van der Waals surface area contributed by atoms with Crippen LogP contribution in [0.1, 0.15) is 18.9 Å². The maximum absolute atomic E-state index is 6.13. The normalized spacial score (nSPS) is 16.9. The Labute approximate surface area is 110 Å². The highest BCUT2D eigenvalue weighted by molar-refractivity contribution is 6.33. The molecular formula is C12H14ClN5. The molecule has 3 rings (SSSR count). The monoisotopic (exact) mass is 263 g/mol. The number of halogens is 1. The molecule has 0 amide bonds. The van der Waals surface area contributed by atoms with Gasteiger partial charge in [0.2, 0.25) is 5.82 Å². The van der Waals surface area contributed by atoms with Gasteiger partial charge in [-0.2, -0.15) is 4.80 Å². The van der Waals surface area contributed by atoms with E-state index in [-0.39, 0.29) is 0 Å². The van der Waals surface area contributed by atoms with Gasteiger partial charge in [-0.15, -0.1) is 10.2 Å². The Morgan fingerprint density at radius 3 is 2.78 bits per heavy atom. The summed E-state index contributed by atoms with van der Waals surface area (Å²) in [6.07, 6.45) is 2.08. The van der Waals surface area contributed by atoms with Crippen LogP contribution < -0.4 is 5.32 Å². The molecule has 5 nitrogen and oxygen atoms in total. The Kier molecular flexibility index (Phi) is 3.25. The van der Waals surface area contributed by atoms with Gasteiger partial charge in [0.1, 0.15) is 0 Å². The highest BCUT2D eigenvalue weighted by Gasteiger charge is 2.18. The quantitative estimate of drug-likeness (QED) is 0.899. The molecule has 0 unspecified atom stereocenters. The number of tetrazole rings is 1. The average molecular weight is 264 g/mol. The Balaban J connectivity index is 1.87. The van der Waals surface area contributed by atoms with Gasteiger partial charge in [-0.3, -0.25) is 0 Å². The number of nitrogens with one attached hydrogen (secondary N) is 1. The summed E-state index contributed by atoms with van der Waals surface area (Å²) in [5.74, 6) is 0.596. The van der Waals surface area contributed by atoms with E-state index in [0.717, 1.165) is 31.5 Å². The van der Waals surface area contributed by atoms with Crippen molar-refractivity contribution >= 4 is 11.6 Å². The van der Waals surface area contributed by atoms with Gasteiger partial charge in [0.15, 0.2) is 0 Å². The summed E-state index contributed by atoms with van der Waals surface area (Å²) >= 11 is 6.13. The van der Waals surface area contributed by atoms with Crippen LogP contribution >= 0.6 is 11.6 Å². The van der Waals surface area contributed by atoms with Crippen LogP contribution in [0.25, 0.3) is 11.4 Å². The van der Waals surface area contributed by atoms with E-state index in [1.165, 1.54) is 0 Å². The van der Waals surface area contributed by atoms with Gasteiger partial charge >= 0.3 is 0 Å². The predicted molar refractivity (Wildman–Crippen MR) is 69.4 cm³/mol. The van der Waals surface area contributed by atoms with Crippen LogP contribution in [0.5, 0.6) is 0 Å². The molecule has 0 saturated carbocycles. The second-order valence-electron chi connectivity index (χ2n) is 4.39. The van der Waals surface area contributed by atoms with Crippen LogP contribution in [0.3, 0.4) is 0 Å². The summed E-state index contributed by atoms with van der Waals surface area (Å²) < 4.78 is 0. The molecule has 94 valence electrons. The van der Waals surface area contributed by atoms with E-state index in [4.69, 9.17) is 11.6 Å². The van der Waals surface area contributed by atoms with E-state index in [2.05, 4.69) is 20.7 Å². The summed E-state index contributed by atoms with van der Waals surface area (Å²) in [4.78, 5) is 1.72. The maximum atomic E-state index is 6.13. The second kappa shape index (κ2) is 5.04. The van der Waals surface area contributed by atoms with Crippen molar-refractivity contribution in [2.75, 3.05) is 13.1 Å². The Hall–Kier alpha value is -1.46. The lowest BCUT2D eigenvalue weighted by atomic mass is 10.1. The zero-order valence-corrected chi connectivity index (χ0v) is 10.6. The van der Waals surface area contributed by atoms with Crippen LogP contribution in [0, 0.1) is 0 Å². The molecule has 1 aliphatic heterocycles. The number of rotatable bonds is 2. The first-order valence-corrected chi connectivity index (χ1v) is 6.47. The lowest BCUT2D eigenvalue weighted by Crippen LogP contribution is -2.30. The number of benzene rings is 1. The molecule has 1 fully saturated rings. The molecule has 0 spiro atoms. The van der Waals surface area contributed by atoms with Crippen molar-refractivity contribution in [2.24, 2.45) is 0 Å². The minimum Gasteiger partial charge on any atom is -0.317 e. The average Bonchev–Trinajstić information content (AvgIpc) is 2.90. The van der Waals surface area contributed by atoms with E-state index in [1.807, 2.05) is 24.3 Å². The van der Waals surface area contributed by atoms with Gasteiger partial charge in [-0.05, 0) is 43.3 Å². The Morgan fingerprint density at radius 1 is 1.22 bits per heavy atom. The van der Waals surface area contributed by atoms with E-state index >= 15 is 0 Å². The zero-order chi connectivity index (χ0) is 12.4. The predicted octanol–water partition coefficient (Wildman–Crippen LogP) is 1.92. The van der Waals surface area contributed by atoms with Crippen molar-refractivity contribution in [3.05, 3.63) is 29.3 Å². The van der Waals surface area contributed by atoms with Crippen molar-refractivity contribution in [2.45, 2.75) is 18.9 Å². The topological polar surface area (TPSA) is 55.6 Å². The molecule has 1 N–H and O–H groups in total. The molecule has 2 aromatic rings. The first-order valence-electron chi connectivity index (χ1n) is 6.10. The van der Waals surface area contributed by atoms with Crippen LogP contribution in [-0.4, -0.2) is 33.3 Å². The molecule has 1 aromatic carbocycles. The lowest BCUT2D eigenvalue weighted by molar-refractivity contribution is 0.309. The number of hydrogen-bond donors (Lipinski definition) is 1. The molecule has 0 atom stereocenters. The minimum atomic E-state index is 0.343. The molecule has 1 aliphatic rings. The molecular weight excluding hydrogens is 250 g/mol. The van der Waals surface area contributed by atoms with Gasteiger partial charge in [-0.1, -0.05) is 23.7 Å². The third-order valence-corrected chi connectivity index (χ3v) is 3.51. The van der Waals surface area contributed by atoms with Gasteiger partial charge in [0, 0.05) is 5.56 Å². The first kappa shape index (κ1) is 11.6. The van der Waals surface area contributed by atoms with Crippen LogP contribution in [0.4, 0.5) is 0 Å². The smallest absolute Gasteiger partial charge is 0.206 e. The molecule has 2 heterocycles. The lowest BCUT2D eigenvalue weighted by Gasteiger charge is -2.20. The molecule has 1 aromatic heterocycles. The van der Waals surface area contributed by atoms with Gasteiger partial charge in [0.25, 0.3) is 0 Å². The SMILES string of the molecule is Clc1ccccc1-c1nnn(C2CCNCC2)n1. The van der Waals surface area contributed by atoms with Crippen LogP contribution in [0.15, 0.2) is 24.3 Å². The Bertz CT molecular complexity index is 533. The van der Waals surface area contributed by atoms with Gasteiger partial charge in [0.05, 0.1) is 11.1 Å². The molecule has 18 heavy (non-hydrogen) atoms. The molecule has 1 saturated heterocycles. The van der Waals surface area contributed by atoms with Gasteiger partial charge in [-0.25, -0.2) is 0 Å². The van der Waals surface area contributed by atoms with Crippen LogP contribution in [0.2, 0.25) is 5.02 Å². The number of aromatic nitrogens is 4. The zero-order valence-electron chi connectivity index (χ0n) is 9.88. The third kappa shape index (κ3) is 2.23. The van der Waals surface area contributed by atoms with Crippen molar-refractivity contribution in [3.63, 3.8) is 0 Å². The van der Waals surface area contributed by atoms with E-state index in [0.29, 0.717) is 16.9 Å². The second-order valence-corrected chi connectivity index (χ2v) is 4.80. The third-order valence-electron chi connectivity index (χ3n) is 3.18. The fourth-order valence-corrected chi connectivity index (χ4v) is 2.39. The fourth-order valence-electron chi connectivity index (χ4n) is 2.17. The summed E-state index contributed by atoms with van der Waals surface area (Å²) in [5, 5.41) is 16.7. The van der Waals surface area contributed by atoms with Crippen LogP contribution in [-0.2, 0) is 0 Å². The van der Waals surface area contributed by atoms with Crippen molar-refractivity contribution < 1.29 is 0 Å². The molecule has 0 aliphatic carbocycles. The van der Waals surface area contributed by atoms with Crippen molar-refractivity contribution in [1.82, 2.24) is 25.5 Å². The first-order chi connectivity index (χ1) is 8.84. The largest absolute Gasteiger partial charge is 0.317 e. The fraction of sp³-hybridized carbons (Fsp3) is 0.417. The van der Waals surface area contributed by atoms with Gasteiger partial charge < -0.3 is 5.32 Å². The van der Waals surface area contributed by atoms with E-state index in [9.17, 15) is 0 Å². The molecule has 0 bridgehead atoms.